The highest BCUT2D eigenvalue weighted by Gasteiger charge is 2.48. The summed E-state index contributed by atoms with van der Waals surface area (Å²) in [6, 6.07) is 0.866. The van der Waals surface area contributed by atoms with Gasteiger partial charge in [0.15, 0.2) is 0 Å². The van der Waals surface area contributed by atoms with Crippen molar-refractivity contribution in [3.05, 3.63) is 12.7 Å². The van der Waals surface area contributed by atoms with Gasteiger partial charge in [-0.3, -0.25) is 0 Å². The third-order valence-electron chi connectivity index (χ3n) is 2.70. The van der Waals surface area contributed by atoms with Gasteiger partial charge in [-0.1, -0.05) is 6.08 Å². The number of fused-ring (bicyclic) bond motifs is 1. The van der Waals surface area contributed by atoms with Crippen LogP contribution in [-0.4, -0.2) is 12.6 Å². The molecule has 0 amide bonds. The second kappa shape index (κ2) is 1.60. The van der Waals surface area contributed by atoms with Gasteiger partial charge >= 0.3 is 0 Å². The van der Waals surface area contributed by atoms with Crippen LogP contribution in [0.1, 0.15) is 19.3 Å². The molecule has 0 aromatic rings. The quantitative estimate of drug-likeness (QED) is 0.546. The molecule has 0 spiro atoms. The topological polar surface area (TPSA) is 12.0 Å². The zero-order chi connectivity index (χ0) is 6.32. The van der Waals surface area contributed by atoms with E-state index in [1.54, 1.807) is 0 Å². The maximum Gasteiger partial charge on any atom is 0.00790 e. The monoisotopic (exact) mass is 123 g/mol. The van der Waals surface area contributed by atoms with Crippen molar-refractivity contribution in [3.8, 4) is 0 Å². The molecule has 0 aromatic carbocycles. The molecule has 1 saturated carbocycles. The zero-order valence-corrected chi connectivity index (χ0v) is 5.69. The minimum absolute atomic E-state index is 0.659. The summed E-state index contributed by atoms with van der Waals surface area (Å²) in [6.07, 6.45) is 6.08. The Bertz CT molecular complexity index is 128. The van der Waals surface area contributed by atoms with E-state index >= 15 is 0 Å². The molecule has 1 aliphatic carbocycles. The molecular formula is C8H13N. The molecule has 0 aromatic heterocycles. The molecule has 3 fully saturated rings. The van der Waals surface area contributed by atoms with E-state index in [1.807, 2.05) is 0 Å². The Labute approximate surface area is 56.1 Å². The minimum Gasteiger partial charge on any atom is -0.313 e. The van der Waals surface area contributed by atoms with E-state index in [0.29, 0.717) is 5.41 Å². The Hall–Kier alpha value is -0.300. The fourth-order valence-corrected chi connectivity index (χ4v) is 2.18. The van der Waals surface area contributed by atoms with Gasteiger partial charge in [-0.05, 0) is 24.7 Å². The fourth-order valence-electron chi connectivity index (χ4n) is 2.18. The first-order valence-electron chi connectivity index (χ1n) is 3.69. The van der Waals surface area contributed by atoms with Crippen LogP contribution in [0.4, 0.5) is 0 Å². The first-order chi connectivity index (χ1) is 4.35. The summed E-state index contributed by atoms with van der Waals surface area (Å²) < 4.78 is 0. The second-order valence-electron chi connectivity index (χ2n) is 3.48. The number of nitrogens with one attached hydrogen (secondary N) is 1. The molecule has 2 saturated heterocycles. The van der Waals surface area contributed by atoms with Crippen molar-refractivity contribution < 1.29 is 0 Å². The molecule has 50 valence electrons. The Morgan fingerprint density at radius 3 is 2.89 bits per heavy atom. The van der Waals surface area contributed by atoms with Crippen molar-refractivity contribution in [2.45, 2.75) is 25.3 Å². The summed E-state index contributed by atoms with van der Waals surface area (Å²) in [5.41, 5.74) is 0.659. The zero-order valence-electron chi connectivity index (χ0n) is 5.69. The Morgan fingerprint density at radius 1 is 1.67 bits per heavy atom. The Balaban J connectivity index is 2.02. The molecular weight excluding hydrogens is 110 g/mol. The summed E-state index contributed by atoms with van der Waals surface area (Å²) in [7, 11) is 0. The van der Waals surface area contributed by atoms with Gasteiger partial charge in [0.05, 0.1) is 0 Å². The van der Waals surface area contributed by atoms with Gasteiger partial charge in [-0.15, -0.1) is 6.58 Å². The first-order valence-corrected chi connectivity index (χ1v) is 3.69. The van der Waals surface area contributed by atoms with E-state index in [4.69, 9.17) is 0 Å². The molecule has 0 unspecified atom stereocenters. The first kappa shape index (κ1) is 5.48. The van der Waals surface area contributed by atoms with Gasteiger partial charge in [0.25, 0.3) is 0 Å². The highest BCUT2D eigenvalue weighted by Crippen LogP contribution is 2.48. The van der Waals surface area contributed by atoms with Crippen molar-refractivity contribution in [3.63, 3.8) is 0 Å². The van der Waals surface area contributed by atoms with E-state index < -0.39 is 0 Å². The minimum atomic E-state index is 0.659. The number of hydrogen-bond donors (Lipinski definition) is 1. The number of rotatable bonds is 2. The molecule has 0 radical (unpaired) electrons. The van der Waals surface area contributed by atoms with Gasteiger partial charge in [0, 0.05) is 12.6 Å². The normalized spacial score (nSPS) is 46.4. The predicted octanol–water partition coefficient (Wildman–Crippen LogP) is 1.31. The van der Waals surface area contributed by atoms with E-state index in [9.17, 15) is 0 Å². The van der Waals surface area contributed by atoms with Gasteiger partial charge in [-0.2, -0.15) is 0 Å². The van der Waals surface area contributed by atoms with Crippen molar-refractivity contribution >= 4 is 0 Å². The fraction of sp³-hybridized carbons (Fsp3) is 0.750. The average Bonchev–Trinajstić information content (AvgIpc) is 2.22. The average molecular weight is 123 g/mol. The lowest BCUT2D eigenvalue weighted by Gasteiger charge is -2.35. The maximum atomic E-state index is 3.77. The third-order valence-corrected chi connectivity index (χ3v) is 2.70. The largest absolute Gasteiger partial charge is 0.313 e. The second-order valence-corrected chi connectivity index (χ2v) is 3.48. The number of allylic oxidation sites excluding steroid dienone is 1. The van der Waals surface area contributed by atoms with Crippen LogP contribution < -0.4 is 5.32 Å². The smallest absolute Gasteiger partial charge is 0.00790 e. The lowest BCUT2D eigenvalue weighted by Crippen LogP contribution is -2.33. The van der Waals surface area contributed by atoms with E-state index in [0.717, 1.165) is 6.04 Å². The summed E-state index contributed by atoms with van der Waals surface area (Å²) in [4.78, 5) is 0. The van der Waals surface area contributed by atoms with Gasteiger partial charge in [-0.25, -0.2) is 0 Å². The summed E-state index contributed by atoms with van der Waals surface area (Å²) in [5.74, 6) is 0. The van der Waals surface area contributed by atoms with Crippen LogP contribution in [0.2, 0.25) is 0 Å². The summed E-state index contributed by atoms with van der Waals surface area (Å²) in [6.45, 7) is 5.01. The van der Waals surface area contributed by atoms with Crippen LogP contribution >= 0.6 is 0 Å². The molecule has 2 aliphatic heterocycles. The van der Waals surface area contributed by atoms with Gasteiger partial charge in [0.1, 0.15) is 0 Å². The van der Waals surface area contributed by atoms with Crippen molar-refractivity contribution in [2.75, 3.05) is 6.54 Å². The van der Waals surface area contributed by atoms with Gasteiger partial charge in [0.2, 0.25) is 0 Å². The SMILES string of the molecule is C=CCC12CNC(C1)C2. The molecule has 0 atom stereocenters. The van der Waals surface area contributed by atoms with Crippen molar-refractivity contribution in [2.24, 2.45) is 5.41 Å². The maximum absolute atomic E-state index is 3.77. The van der Waals surface area contributed by atoms with Gasteiger partial charge < -0.3 is 5.32 Å². The van der Waals surface area contributed by atoms with Crippen LogP contribution in [-0.2, 0) is 0 Å². The molecule has 3 aliphatic rings. The standard InChI is InChI=1S/C8H13N/c1-2-3-8-4-7(5-8)9-6-8/h2,7,9H,1,3-6H2. The molecule has 1 nitrogen and oxygen atoms in total. The Kier molecular flexibility index (Phi) is 0.974. The van der Waals surface area contributed by atoms with Crippen LogP contribution in [0.25, 0.3) is 0 Å². The highest BCUT2D eigenvalue weighted by molar-refractivity contribution is 5.08. The summed E-state index contributed by atoms with van der Waals surface area (Å²) >= 11 is 0. The van der Waals surface area contributed by atoms with Crippen LogP contribution in [0, 0.1) is 5.41 Å². The molecule has 2 bridgehead atoms. The van der Waals surface area contributed by atoms with Crippen molar-refractivity contribution in [1.82, 2.24) is 5.32 Å². The highest BCUT2D eigenvalue weighted by atomic mass is 15.0. The molecule has 9 heavy (non-hydrogen) atoms. The Morgan fingerprint density at radius 2 is 2.44 bits per heavy atom. The molecule has 1 N–H and O–H groups in total. The lowest BCUT2D eigenvalue weighted by atomic mass is 9.68. The molecule has 1 heteroatoms. The molecule has 3 rings (SSSR count). The van der Waals surface area contributed by atoms with Crippen LogP contribution in [0.5, 0.6) is 0 Å². The van der Waals surface area contributed by atoms with E-state index in [-0.39, 0.29) is 0 Å². The lowest BCUT2D eigenvalue weighted by molar-refractivity contribution is 0.201. The third kappa shape index (κ3) is 0.645. The molecule has 2 heterocycles. The van der Waals surface area contributed by atoms with Crippen molar-refractivity contribution in [1.29, 1.82) is 0 Å². The predicted molar refractivity (Wildman–Crippen MR) is 38.3 cm³/mol. The summed E-state index contributed by atoms with van der Waals surface area (Å²) in [5, 5.41) is 3.47. The van der Waals surface area contributed by atoms with E-state index in [2.05, 4.69) is 18.0 Å². The van der Waals surface area contributed by atoms with Crippen LogP contribution in [0.3, 0.4) is 0 Å². The van der Waals surface area contributed by atoms with E-state index in [1.165, 1.54) is 25.8 Å². The van der Waals surface area contributed by atoms with Crippen LogP contribution in [0.15, 0.2) is 12.7 Å². The number of hydrogen-bond acceptors (Lipinski definition) is 1.